The van der Waals surface area contributed by atoms with Gasteiger partial charge in [-0.2, -0.15) is 0 Å². The molecule has 1 aliphatic carbocycles. The summed E-state index contributed by atoms with van der Waals surface area (Å²) in [5, 5.41) is 0. The van der Waals surface area contributed by atoms with E-state index in [2.05, 4.69) is 11.8 Å². The first-order valence-electron chi connectivity index (χ1n) is 6.18. The number of rotatable bonds is 3. The molecule has 0 radical (unpaired) electrons. The second-order valence-electron chi connectivity index (χ2n) is 3.94. The van der Waals surface area contributed by atoms with Gasteiger partial charge in [-0.25, -0.2) is 0 Å². The Morgan fingerprint density at radius 3 is 2.60 bits per heavy atom. The smallest absolute Gasteiger partial charge is 0.323 e. The van der Waals surface area contributed by atoms with E-state index in [4.69, 9.17) is 4.74 Å². The average molecular weight is 213 g/mol. The number of fused-ring (bicyclic) bond motifs is 1. The number of nitrogens with zero attached hydrogens (tertiary/aromatic N) is 1. The molecule has 3 atom stereocenters. The van der Waals surface area contributed by atoms with Gasteiger partial charge < -0.3 is 4.74 Å². The van der Waals surface area contributed by atoms with Crippen LogP contribution >= 0.6 is 0 Å². The fraction of sp³-hybridized carbons (Fsp3) is 0.917. The number of carbonyl (C=O) groups excluding carboxylic acids is 1. The van der Waals surface area contributed by atoms with E-state index < -0.39 is 0 Å². The minimum Gasteiger partial charge on any atom is -0.465 e. The molecule has 0 aromatic carbocycles. The molecule has 88 valence electrons. The molecule has 0 aromatic heterocycles. The molecular weight excluding hydrogens is 190 g/mol. The quantitative estimate of drug-likeness (QED) is 0.671. The molecule has 0 spiro atoms. The van der Waals surface area contributed by atoms with Crippen molar-refractivity contribution < 1.29 is 9.53 Å². The fourth-order valence-corrected chi connectivity index (χ4v) is 2.43. The van der Waals surface area contributed by atoms with Crippen LogP contribution in [0.5, 0.6) is 0 Å². The van der Waals surface area contributed by atoms with E-state index in [-0.39, 0.29) is 12.0 Å². The van der Waals surface area contributed by atoms with Crippen molar-refractivity contribution >= 4 is 5.97 Å². The SMILES string of the molecule is CC.CCOC(=O)C1C2CC2CN1CC. The summed E-state index contributed by atoms with van der Waals surface area (Å²) in [6.45, 7) is 10.6. The molecule has 0 aromatic rings. The average Bonchev–Trinajstić information content (AvgIpc) is 2.92. The van der Waals surface area contributed by atoms with E-state index in [1.807, 2.05) is 20.8 Å². The lowest BCUT2D eigenvalue weighted by atomic mass is 10.2. The molecule has 3 unspecified atom stereocenters. The molecule has 3 nitrogen and oxygen atoms in total. The van der Waals surface area contributed by atoms with Gasteiger partial charge in [-0.1, -0.05) is 20.8 Å². The maximum Gasteiger partial charge on any atom is 0.323 e. The summed E-state index contributed by atoms with van der Waals surface area (Å²) in [4.78, 5) is 13.8. The van der Waals surface area contributed by atoms with Crippen LogP contribution in [0.15, 0.2) is 0 Å². The molecule has 1 saturated heterocycles. The Kier molecular flexibility index (Phi) is 4.58. The van der Waals surface area contributed by atoms with Crippen molar-refractivity contribution in [1.29, 1.82) is 0 Å². The van der Waals surface area contributed by atoms with Crippen LogP contribution in [-0.4, -0.2) is 36.6 Å². The van der Waals surface area contributed by atoms with Gasteiger partial charge in [-0.15, -0.1) is 0 Å². The zero-order valence-corrected chi connectivity index (χ0v) is 10.3. The first-order chi connectivity index (χ1) is 7.27. The monoisotopic (exact) mass is 213 g/mol. The molecule has 0 bridgehead atoms. The molecule has 1 aliphatic heterocycles. The van der Waals surface area contributed by atoms with Gasteiger partial charge in [0.05, 0.1) is 6.61 Å². The Hall–Kier alpha value is -0.570. The largest absolute Gasteiger partial charge is 0.465 e. The molecule has 2 aliphatic rings. The summed E-state index contributed by atoms with van der Waals surface area (Å²) >= 11 is 0. The number of piperidine rings is 1. The zero-order chi connectivity index (χ0) is 11.4. The normalized spacial score (nSPS) is 32.7. The first-order valence-corrected chi connectivity index (χ1v) is 6.18. The van der Waals surface area contributed by atoms with Crippen LogP contribution in [0.1, 0.15) is 34.1 Å². The maximum atomic E-state index is 11.6. The van der Waals surface area contributed by atoms with Gasteiger partial charge in [-0.3, -0.25) is 9.69 Å². The zero-order valence-electron chi connectivity index (χ0n) is 10.3. The second-order valence-corrected chi connectivity index (χ2v) is 3.94. The number of esters is 1. The summed E-state index contributed by atoms with van der Waals surface area (Å²) in [5.41, 5.74) is 0. The molecule has 1 heterocycles. The van der Waals surface area contributed by atoms with E-state index in [0.29, 0.717) is 12.5 Å². The highest BCUT2D eigenvalue weighted by atomic mass is 16.5. The van der Waals surface area contributed by atoms with E-state index >= 15 is 0 Å². The van der Waals surface area contributed by atoms with Crippen LogP contribution in [0.3, 0.4) is 0 Å². The van der Waals surface area contributed by atoms with Gasteiger partial charge in [0.1, 0.15) is 6.04 Å². The van der Waals surface area contributed by atoms with Crippen molar-refractivity contribution in [3.8, 4) is 0 Å². The number of hydrogen-bond acceptors (Lipinski definition) is 3. The summed E-state index contributed by atoms with van der Waals surface area (Å²) in [6.07, 6.45) is 1.24. The number of likely N-dealkylation sites (N-methyl/N-ethyl adjacent to an activating group) is 1. The lowest BCUT2D eigenvalue weighted by molar-refractivity contribution is -0.149. The third-order valence-corrected chi connectivity index (χ3v) is 3.18. The Bertz CT molecular complexity index is 218. The van der Waals surface area contributed by atoms with Crippen LogP contribution in [-0.2, 0) is 9.53 Å². The van der Waals surface area contributed by atoms with Crippen molar-refractivity contribution in [2.24, 2.45) is 11.8 Å². The number of carbonyl (C=O) groups is 1. The molecular formula is C12H23NO2. The van der Waals surface area contributed by atoms with Crippen molar-refractivity contribution in [1.82, 2.24) is 4.90 Å². The standard InChI is InChI=1S/C10H17NO2.C2H6/c1-3-11-6-7-5-8(7)9(11)10(12)13-4-2;1-2/h7-9H,3-6H2,1-2H3;1-2H3. The van der Waals surface area contributed by atoms with Gasteiger partial charge >= 0.3 is 5.97 Å². The Labute approximate surface area is 92.8 Å². The van der Waals surface area contributed by atoms with Gasteiger partial charge in [0.15, 0.2) is 0 Å². The molecule has 2 rings (SSSR count). The molecule has 0 N–H and O–H groups in total. The van der Waals surface area contributed by atoms with Crippen LogP contribution in [0.25, 0.3) is 0 Å². The molecule has 1 saturated carbocycles. The van der Waals surface area contributed by atoms with Crippen molar-refractivity contribution in [2.75, 3.05) is 19.7 Å². The predicted octanol–water partition coefficient (Wildman–Crippen LogP) is 1.92. The lowest BCUT2D eigenvalue weighted by Gasteiger charge is -2.23. The summed E-state index contributed by atoms with van der Waals surface area (Å²) < 4.78 is 5.07. The minimum absolute atomic E-state index is 0.00523. The maximum absolute atomic E-state index is 11.6. The van der Waals surface area contributed by atoms with Crippen molar-refractivity contribution in [2.45, 2.75) is 40.2 Å². The van der Waals surface area contributed by atoms with Gasteiger partial charge in [0, 0.05) is 6.54 Å². The highest BCUT2D eigenvalue weighted by Gasteiger charge is 2.55. The molecule has 2 fully saturated rings. The third-order valence-electron chi connectivity index (χ3n) is 3.18. The molecule has 3 heteroatoms. The highest BCUT2D eigenvalue weighted by Crippen LogP contribution is 2.49. The Morgan fingerprint density at radius 2 is 2.07 bits per heavy atom. The van der Waals surface area contributed by atoms with Gasteiger partial charge in [0.2, 0.25) is 0 Å². The molecule has 15 heavy (non-hydrogen) atoms. The number of ether oxygens (including phenoxy) is 1. The van der Waals surface area contributed by atoms with E-state index in [0.717, 1.165) is 19.0 Å². The van der Waals surface area contributed by atoms with Gasteiger partial charge in [-0.05, 0) is 31.7 Å². The highest BCUT2D eigenvalue weighted by molar-refractivity contribution is 5.77. The Morgan fingerprint density at radius 1 is 1.40 bits per heavy atom. The third kappa shape index (κ3) is 2.51. The van der Waals surface area contributed by atoms with Gasteiger partial charge in [0.25, 0.3) is 0 Å². The van der Waals surface area contributed by atoms with E-state index in [1.165, 1.54) is 6.42 Å². The van der Waals surface area contributed by atoms with E-state index in [9.17, 15) is 4.79 Å². The van der Waals surface area contributed by atoms with Crippen LogP contribution < -0.4 is 0 Å². The first kappa shape index (κ1) is 12.5. The van der Waals surface area contributed by atoms with Crippen molar-refractivity contribution in [3.63, 3.8) is 0 Å². The fourth-order valence-electron chi connectivity index (χ4n) is 2.43. The summed E-state index contributed by atoms with van der Waals surface area (Å²) in [6, 6.07) is 0.0787. The van der Waals surface area contributed by atoms with Crippen LogP contribution in [0.4, 0.5) is 0 Å². The summed E-state index contributed by atoms with van der Waals surface area (Å²) in [7, 11) is 0. The van der Waals surface area contributed by atoms with Crippen LogP contribution in [0, 0.1) is 11.8 Å². The Balaban J connectivity index is 0.000000531. The molecule has 0 amide bonds. The van der Waals surface area contributed by atoms with Crippen LogP contribution in [0.2, 0.25) is 0 Å². The van der Waals surface area contributed by atoms with E-state index in [1.54, 1.807) is 0 Å². The minimum atomic E-state index is -0.00523. The predicted molar refractivity (Wildman–Crippen MR) is 60.6 cm³/mol. The lowest BCUT2D eigenvalue weighted by Crippen LogP contribution is -2.40. The second kappa shape index (κ2) is 5.50. The number of likely N-dealkylation sites (tertiary alicyclic amines) is 1. The van der Waals surface area contributed by atoms with Crippen molar-refractivity contribution in [3.05, 3.63) is 0 Å². The summed E-state index contributed by atoms with van der Waals surface area (Å²) in [5.74, 6) is 1.39. The number of hydrogen-bond donors (Lipinski definition) is 0. The topological polar surface area (TPSA) is 29.5 Å².